The second-order valence-electron chi connectivity index (χ2n) is 5.78. The van der Waals surface area contributed by atoms with Gasteiger partial charge in [-0.1, -0.05) is 60.7 Å². The lowest BCUT2D eigenvalue weighted by molar-refractivity contribution is -0.0405. The fourth-order valence-corrected chi connectivity index (χ4v) is 3.78. The summed E-state index contributed by atoms with van der Waals surface area (Å²) in [6, 6.07) is 23.0. The molecule has 2 atom stereocenters. The number of hydrogen-bond donors (Lipinski definition) is 0. The van der Waals surface area contributed by atoms with Gasteiger partial charge in [-0.3, -0.25) is 9.80 Å². The van der Waals surface area contributed by atoms with Crippen molar-refractivity contribution in [3.05, 3.63) is 71.8 Å². The molecule has 3 fully saturated rings. The molecule has 2 nitrogen and oxygen atoms in total. The van der Waals surface area contributed by atoms with Crippen molar-refractivity contribution in [1.82, 2.24) is 9.80 Å². The predicted molar refractivity (Wildman–Crippen MR) is 81.5 cm³/mol. The smallest absolute Gasteiger partial charge is 0.0546 e. The molecule has 0 saturated carbocycles. The van der Waals surface area contributed by atoms with Crippen molar-refractivity contribution in [3.63, 3.8) is 0 Å². The summed E-state index contributed by atoms with van der Waals surface area (Å²) >= 11 is 0. The molecule has 0 spiro atoms. The Bertz CT molecular complexity index is 505. The second-order valence-corrected chi connectivity index (χ2v) is 5.78. The maximum absolute atomic E-state index is 2.66. The largest absolute Gasteiger partial charge is 0.292 e. The van der Waals surface area contributed by atoms with Crippen LogP contribution in [-0.4, -0.2) is 36.0 Å². The molecule has 0 aromatic heterocycles. The zero-order valence-corrected chi connectivity index (χ0v) is 11.7. The molecule has 3 heterocycles. The quantitative estimate of drug-likeness (QED) is 0.822. The maximum atomic E-state index is 2.66. The molecule has 0 unspecified atom stereocenters. The first-order valence-electron chi connectivity index (χ1n) is 7.51. The molecule has 3 aliphatic heterocycles. The molecule has 2 heteroatoms. The van der Waals surface area contributed by atoms with Crippen molar-refractivity contribution in [2.75, 3.05) is 26.2 Å². The molecule has 102 valence electrons. The number of hydrogen-bond acceptors (Lipinski definition) is 2. The normalized spacial score (nSPS) is 32.2. The minimum absolute atomic E-state index is 0.501. The molecule has 2 aromatic carbocycles. The van der Waals surface area contributed by atoms with Crippen LogP contribution in [0.4, 0.5) is 0 Å². The summed E-state index contributed by atoms with van der Waals surface area (Å²) in [6.07, 6.45) is 0. The van der Waals surface area contributed by atoms with Crippen LogP contribution >= 0.6 is 0 Å². The molecule has 20 heavy (non-hydrogen) atoms. The number of piperazine rings is 3. The summed E-state index contributed by atoms with van der Waals surface area (Å²) in [7, 11) is 0. The SMILES string of the molecule is c1ccc([C@@H]2[C@H](c3ccccc3)N3CCN2CC3)cc1. The van der Waals surface area contributed by atoms with Gasteiger partial charge in [-0.2, -0.15) is 0 Å². The van der Waals surface area contributed by atoms with Crippen LogP contribution in [0.15, 0.2) is 60.7 Å². The number of benzene rings is 2. The maximum Gasteiger partial charge on any atom is 0.0546 e. The van der Waals surface area contributed by atoms with E-state index in [1.165, 1.54) is 37.3 Å². The van der Waals surface area contributed by atoms with Crippen LogP contribution in [0, 0.1) is 0 Å². The molecule has 0 amide bonds. The summed E-state index contributed by atoms with van der Waals surface area (Å²) in [4.78, 5) is 5.32. The standard InChI is InChI=1S/C18H20N2/c1-3-7-15(8-4-1)17-18(16-9-5-2-6-10-16)20-13-11-19(17)12-14-20/h1-10,17-18H,11-14H2/t17-,18+. The molecule has 0 N–H and O–H groups in total. The van der Waals surface area contributed by atoms with Crippen molar-refractivity contribution in [2.45, 2.75) is 12.1 Å². The Kier molecular flexibility index (Phi) is 3.06. The summed E-state index contributed by atoms with van der Waals surface area (Å²) in [6.45, 7) is 4.79. The average molecular weight is 264 g/mol. The molecule has 0 aliphatic carbocycles. The fourth-order valence-electron chi connectivity index (χ4n) is 3.78. The molecule has 5 rings (SSSR count). The molecule has 0 radical (unpaired) electrons. The van der Waals surface area contributed by atoms with E-state index in [1.807, 2.05) is 0 Å². The van der Waals surface area contributed by atoms with E-state index in [9.17, 15) is 0 Å². The van der Waals surface area contributed by atoms with Gasteiger partial charge < -0.3 is 0 Å². The van der Waals surface area contributed by atoms with E-state index in [0.29, 0.717) is 12.1 Å². The van der Waals surface area contributed by atoms with Crippen LogP contribution in [0.5, 0.6) is 0 Å². The fraction of sp³-hybridized carbons (Fsp3) is 0.333. The van der Waals surface area contributed by atoms with E-state index in [0.717, 1.165) is 0 Å². The Hall–Kier alpha value is -1.64. The predicted octanol–water partition coefficient (Wildman–Crippen LogP) is 3.10. The van der Waals surface area contributed by atoms with Gasteiger partial charge in [0, 0.05) is 26.2 Å². The average Bonchev–Trinajstić information content (AvgIpc) is 2.57. The van der Waals surface area contributed by atoms with Crippen molar-refractivity contribution < 1.29 is 0 Å². The van der Waals surface area contributed by atoms with E-state index in [1.54, 1.807) is 0 Å². The van der Waals surface area contributed by atoms with E-state index >= 15 is 0 Å². The highest BCUT2D eigenvalue weighted by molar-refractivity contribution is 5.29. The first-order chi connectivity index (χ1) is 9.93. The summed E-state index contributed by atoms with van der Waals surface area (Å²) < 4.78 is 0. The van der Waals surface area contributed by atoms with E-state index in [4.69, 9.17) is 0 Å². The van der Waals surface area contributed by atoms with Gasteiger partial charge in [0.25, 0.3) is 0 Å². The monoisotopic (exact) mass is 264 g/mol. The molecule has 2 bridgehead atoms. The third kappa shape index (κ3) is 1.96. The highest BCUT2D eigenvalue weighted by Gasteiger charge is 2.41. The molecule has 3 aliphatic rings. The molecule has 3 saturated heterocycles. The first-order valence-corrected chi connectivity index (χ1v) is 7.51. The van der Waals surface area contributed by atoms with Crippen molar-refractivity contribution in [3.8, 4) is 0 Å². The number of fused-ring (bicyclic) bond motifs is 3. The lowest BCUT2D eigenvalue weighted by Crippen LogP contribution is -2.58. The molecular weight excluding hydrogens is 244 g/mol. The van der Waals surface area contributed by atoms with Crippen LogP contribution in [0.25, 0.3) is 0 Å². The highest BCUT2D eigenvalue weighted by atomic mass is 15.4. The van der Waals surface area contributed by atoms with E-state index in [-0.39, 0.29) is 0 Å². The Morgan fingerprint density at radius 1 is 0.550 bits per heavy atom. The molecule has 2 aromatic rings. The summed E-state index contributed by atoms with van der Waals surface area (Å²) in [5.74, 6) is 0. The van der Waals surface area contributed by atoms with Gasteiger partial charge in [-0.25, -0.2) is 0 Å². The zero-order valence-electron chi connectivity index (χ0n) is 11.7. The van der Waals surface area contributed by atoms with Crippen molar-refractivity contribution >= 4 is 0 Å². The van der Waals surface area contributed by atoms with Gasteiger partial charge in [0.05, 0.1) is 12.1 Å². The Morgan fingerprint density at radius 2 is 0.900 bits per heavy atom. The lowest BCUT2D eigenvalue weighted by atomic mass is 9.86. The van der Waals surface area contributed by atoms with Gasteiger partial charge in [0.15, 0.2) is 0 Å². The van der Waals surface area contributed by atoms with E-state index in [2.05, 4.69) is 70.5 Å². The summed E-state index contributed by atoms with van der Waals surface area (Å²) in [5.41, 5.74) is 2.90. The third-order valence-electron chi connectivity index (χ3n) is 4.72. The van der Waals surface area contributed by atoms with Gasteiger partial charge in [0.2, 0.25) is 0 Å². The number of rotatable bonds is 2. The van der Waals surface area contributed by atoms with Crippen LogP contribution in [0.1, 0.15) is 23.2 Å². The van der Waals surface area contributed by atoms with Gasteiger partial charge >= 0.3 is 0 Å². The Morgan fingerprint density at radius 3 is 1.25 bits per heavy atom. The summed E-state index contributed by atoms with van der Waals surface area (Å²) in [5, 5.41) is 0. The van der Waals surface area contributed by atoms with Crippen molar-refractivity contribution in [2.24, 2.45) is 0 Å². The van der Waals surface area contributed by atoms with Gasteiger partial charge in [0.1, 0.15) is 0 Å². The van der Waals surface area contributed by atoms with Gasteiger partial charge in [-0.15, -0.1) is 0 Å². The lowest BCUT2D eigenvalue weighted by Gasteiger charge is -2.53. The van der Waals surface area contributed by atoms with Crippen LogP contribution in [-0.2, 0) is 0 Å². The second kappa shape index (κ2) is 5.04. The molecular formula is C18H20N2. The van der Waals surface area contributed by atoms with Crippen LogP contribution < -0.4 is 0 Å². The third-order valence-corrected chi connectivity index (χ3v) is 4.72. The zero-order chi connectivity index (χ0) is 13.4. The minimum Gasteiger partial charge on any atom is -0.292 e. The Balaban J connectivity index is 1.77. The topological polar surface area (TPSA) is 6.48 Å². The minimum atomic E-state index is 0.501. The highest BCUT2D eigenvalue weighted by Crippen LogP contribution is 2.43. The first kappa shape index (κ1) is 12.1. The Labute approximate surface area is 120 Å². The van der Waals surface area contributed by atoms with Gasteiger partial charge in [-0.05, 0) is 11.1 Å². The van der Waals surface area contributed by atoms with Crippen LogP contribution in [0.2, 0.25) is 0 Å². The van der Waals surface area contributed by atoms with Crippen LogP contribution in [0.3, 0.4) is 0 Å². The van der Waals surface area contributed by atoms with Crippen molar-refractivity contribution in [1.29, 1.82) is 0 Å². The number of nitrogens with zero attached hydrogens (tertiary/aromatic N) is 2. The van der Waals surface area contributed by atoms with E-state index < -0.39 is 0 Å².